The molecule has 9 heteroatoms. The van der Waals surface area contributed by atoms with Crippen LogP contribution in [-0.2, 0) is 0 Å². The van der Waals surface area contributed by atoms with Crippen molar-refractivity contribution < 1.29 is 9.59 Å². The number of para-hydroxylation sites is 1. The van der Waals surface area contributed by atoms with Gasteiger partial charge in [0, 0.05) is 30.9 Å². The van der Waals surface area contributed by atoms with Gasteiger partial charge in [0.05, 0.1) is 34.2 Å². The molecule has 1 aromatic carbocycles. The first-order valence-corrected chi connectivity index (χ1v) is 9.13. The number of hydrogen-bond acceptors (Lipinski definition) is 6. The fourth-order valence-electron chi connectivity index (χ4n) is 3.05. The van der Waals surface area contributed by atoms with Gasteiger partial charge in [0.15, 0.2) is 0 Å². The number of primary amides is 1. The van der Waals surface area contributed by atoms with Crippen LogP contribution in [0.5, 0.6) is 0 Å². The zero-order chi connectivity index (χ0) is 21.1. The molecule has 0 unspecified atom stereocenters. The molecule has 0 spiro atoms. The molecule has 0 aliphatic heterocycles. The molecular formula is C21H19N7O2. The summed E-state index contributed by atoms with van der Waals surface area (Å²) in [5.74, 6) is 0.186. The molecule has 0 bridgehead atoms. The predicted molar refractivity (Wildman–Crippen MR) is 115 cm³/mol. The van der Waals surface area contributed by atoms with Gasteiger partial charge in [-0.2, -0.15) is 0 Å². The van der Waals surface area contributed by atoms with Crippen molar-refractivity contribution in [2.45, 2.75) is 0 Å². The molecule has 3 aromatic heterocycles. The van der Waals surface area contributed by atoms with Crippen LogP contribution >= 0.6 is 0 Å². The monoisotopic (exact) mass is 401 g/mol. The standard InChI is InChI=1S/C21H19N7O2/c1-23-21(30)14-10-25-19(28-18-8-12-6-7-24-17(12)11-26-18)9-16(14)27-15-5-3-2-4-13(15)20(22)29/h2-11,24H,1H3,(H2,22,29)(H,23,30)(H2,25,26,27,28). The summed E-state index contributed by atoms with van der Waals surface area (Å²) in [6.45, 7) is 0. The van der Waals surface area contributed by atoms with E-state index in [-0.39, 0.29) is 5.91 Å². The fraction of sp³-hybridized carbons (Fsp3) is 0.0476. The number of anilines is 4. The Kier molecular flexibility index (Phi) is 5.00. The minimum Gasteiger partial charge on any atom is -0.366 e. The van der Waals surface area contributed by atoms with Gasteiger partial charge in [0.25, 0.3) is 11.8 Å². The normalized spacial score (nSPS) is 10.6. The van der Waals surface area contributed by atoms with Gasteiger partial charge in [0.2, 0.25) is 0 Å². The Morgan fingerprint density at radius 1 is 0.933 bits per heavy atom. The average Bonchev–Trinajstić information content (AvgIpc) is 3.21. The minimum absolute atomic E-state index is 0.311. The van der Waals surface area contributed by atoms with Gasteiger partial charge in [-0.05, 0) is 24.3 Å². The number of hydrogen-bond donors (Lipinski definition) is 5. The highest BCUT2D eigenvalue weighted by atomic mass is 16.2. The average molecular weight is 401 g/mol. The lowest BCUT2D eigenvalue weighted by Crippen LogP contribution is -2.20. The van der Waals surface area contributed by atoms with Gasteiger partial charge >= 0.3 is 0 Å². The smallest absolute Gasteiger partial charge is 0.254 e. The molecule has 3 heterocycles. The van der Waals surface area contributed by atoms with E-state index >= 15 is 0 Å². The topological polar surface area (TPSA) is 138 Å². The van der Waals surface area contributed by atoms with E-state index < -0.39 is 5.91 Å². The van der Waals surface area contributed by atoms with Crippen molar-refractivity contribution >= 4 is 45.7 Å². The molecule has 0 aliphatic rings. The van der Waals surface area contributed by atoms with Crippen molar-refractivity contribution in [2.24, 2.45) is 5.73 Å². The predicted octanol–water partition coefficient (Wildman–Crippen LogP) is 2.90. The Morgan fingerprint density at radius 2 is 1.70 bits per heavy atom. The number of amides is 2. The second-order valence-corrected chi connectivity index (χ2v) is 6.49. The molecule has 0 aliphatic carbocycles. The van der Waals surface area contributed by atoms with Crippen LogP contribution in [0.1, 0.15) is 20.7 Å². The van der Waals surface area contributed by atoms with Crippen LogP contribution in [0, 0.1) is 0 Å². The summed E-state index contributed by atoms with van der Waals surface area (Å²) >= 11 is 0. The lowest BCUT2D eigenvalue weighted by atomic mass is 10.1. The number of nitrogens with zero attached hydrogens (tertiary/aromatic N) is 2. The van der Waals surface area contributed by atoms with Crippen LogP contribution in [-0.4, -0.2) is 33.8 Å². The lowest BCUT2D eigenvalue weighted by molar-refractivity contribution is 0.0962. The second kappa shape index (κ2) is 7.92. The Bertz CT molecular complexity index is 1250. The molecule has 0 radical (unpaired) electrons. The Balaban J connectivity index is 1.70. The van der Waals surface area contributed by atoms with E-state index in [1.165, 1.54) is 13.2 Å². The Labute approximate surface area is 171 Å². The number of nitrogens with one attached hydrogen (secondary N) is 4. The highest BCUT2D eigenvalue weighted by molar-refractivity contribution is 6.03. The molecule has 0 saturated heterocycles. The van der Waals surface area contributed by atoms with E-state index in [0.29, 0.717) is 34.1 Å². The highest BCUT2D eigenvalue weighted by Crippen LogP contribution is 2.27. The number of rotatable bonds is 6. The molecule has 0 fully saturated rings. The third-order valence-electron chi connectivity index (χ3n) is 4.53. The molecule has 0 atom stereocenters. The van der Waals surface area contributed by atoms with Crippen molar-refractivity contribution in [2.75, 3.05) is 17.7 Å². The molecule has 4 aromatic rings. The Hall–Kier alpha value is -4.40. The number of nitrogens with two attached hydrogens (primary N) is 1. The molecule has 6 N–H and O–H groups in total. The van der Waals surface area contributed by atoms with Gasteiger partial charge in [0.1, 0.15) is 11.6 Å². The number of carbonyl (C=O) groups is 2. The molecule has 0 saturated carbocycles. The van der Waals surface area contributed by atoms with Crippen LogP contribution in [0.3, 0.4) is 0 Å². The van der Waals surface area contributed by atoms with Crippen molar-refractivity contribution in [1.82, 2.24) is 20.3 Å². The Morgan fingerprint density at radius 3 is 2.50 bits per heavy atom. The van der Waals surface area contributed by atoms with Gasteiger partial charge in [-0.15, -0.1) is 0 Å². The third-order valence-corrected chi connectivity index (χ3v) is 4.53. The molecule has 30 heavy (non-hydrogen) atoms. The summed E-state index contributed by atoms with van der Waals surface area (Å²) in [6, 6.07) is 12.3. The first-order chi connectivity index (χ1) is 14.5. The van der Waals surface area contributed by atoms with E-state index in [4.69, 9.17) is 5.73 Å². The summed E-state index contributed by atoms with van der Waals surface area (Å²) in [5.41, 5.74) is 7.97. The first-order valence-electron chi connectivity index (χ1n) is 9.13. The zero-order valence-electron chi connectivity index (χ0n) is 16.1. The number of fused-ring (bicyclic) bond motifs is 1. The third kappa shape index (κ3) is 3.76. The van der Waals surface area contributed by atoms with Crippen LogP contribution in [0.15, 0.2) is 61.1 Å². The van der Waals surface area contributed by atoms with Gasteiger partial charge in [-0.1, -0.05) is 12.1 Å². The summed E-state index contributed by atoms with van der Waals surface area (Å²) in [7, 11) is 1.53. The highest BCUT2D eigenvalue weighted by Gasteiger charge is 2.15. The minimum atomic E-state index is -0.573. The van der Waals surface area contributed by atoms with E-state index in [9.17, 15) is 9.59 Å². The second-order valence-electron chi connectivity index (χ2n) is 6.49. The van der Waals surface area contributed by atoms with E-state index in [1.807, 2.05) is 18.3 Å². The van der Waals surface area contributed by atoms with E-state index in [0.717, 1.165) is 10.9 Å². The van der Waals surface area contributed by atoms with Crippen molar-refractivity contribution in [3.8, 4) is 0 Å². The molecule has 150 valence electrons. The number of pyridine rings is 2. The largest absolute Gasteiger partial charge is 0.366 e. The number of aromatic amines is 1. The quantitative estimate of drug-likeness (QED) is 0.337. The van der Waals surface area contributed by atoms with Crippen LogP contribution in [0.4, 0.5) is 23.0 Å². The van der Waals surface area contributed by atoms with Gasteiger partial charge < -0.3 is 26.7 Å². The van der Waals surface area contributed by atoms with Crippen LogP contribution < -0.4 is 21.7 Å². The van der Waals surface area contributed by atoms with Gasteiger partial charge in [-0.25, -0.2) is 9.97 Å². The number of H-pyrrole nitrogens is 1. The SMILES string of the molecule is CNC(=O)c1cnc(Nc2cc3cc[nH]c3cn2)cc1Nc1ccccc1C(N)=O. The number of aromatic nitrogens is 3. The lowest BCUT2D eigenvalue weighted by Gasteiger charge is -2.15. The van der Waals surface area contributed by atoms with Crippen LogP contribution in [0.2, 0.25) is 0 Å². The number of benzene rings is 1. The maximum atomic E-state index is 12.3. The molecular weight excluding hydrogens is 382 g/mol. The molecule has 2 amide bonds. The van der Waals surface area contributed by atoms with Crippen molar-refractivity contribution in [1.29, 1.82) is 0 Å². The van der Waals surface area contributed by atoms with Gasteiger partial charge in [-0.3, -0.25) is 9.59 Å². The summed E-state index contributed by atoms with van der Waals surface area (Å²) < 4.78 is 0. The zero-order valence-corrected chi connectivity index (χ0v) is 16.1. The maximum absolute atomic E-state index is 12.3. The number of carbonyl (C=O) groups excluding carboxylic acids is 2. The van der Waals surface area contributed by atoms with E-state index in [1.54, 1.807) is 36.5 Å². The van der Waals surface area contributed by atoms with Crippen LogP contribution in [0.25, 0.3) is 10.9 Å². The maximum Gasteiger partial charge on any atom is 0.254 e. The van der Waals surface area contributed by atoms with Crippen molar-refractivity contribution in [3.63, 3.8) is 0 Å². The fourth-order valence-corrected chi connectivity index (χ4v) is 3.05. The first kappa shape index (κ1) is 18.9. The summed E-state index contributed by atoms with van der Waals surface area (Å²) in [4.78, 5) is 35.8. The summed E-state index contributed by atoms with van der Waals surface area (Å²) in [6.07, 6.45) is 5.01. The molecule has 4 rings (SSSR count). The molecule has 9 nitrogen and oxygen atoms in total. The van der Waals surface area contributed by atoms with Crippen molar-refractivity contribution in [3.05, 3.63) is 72.2 Å². The summed E-state index contributed by atoms with van der Waals surface area (Å²) in [5, 5.41) is 9.84. The van der Waals surface area contributed by atoms with E-state index in [2.05, 4.69) is 30.9 Å².